The molecule has 2 atom stereocenters. The summed E-state index contributed by atoms with van der Waals surface area (Å²) >= 11 is 1.31. The summed E-state index contributed by atoms with van der Waals surface area (Å²) in [7, 11) is 0. The molecule has 0 bridgehead atoms. The zero-order valence-corrected chi connectivity index (χ0v) is 12.3. The van der Waals surface area contributed by atoms with E-state index in [-0.39, 0.29) is 17.3 Å². The second-order valence-corrected chi connectivity index (χ2v) is 6.61. The first-order valence-electron chi connectivity index (χ1n) is 7.12. The molecule has 0 aromatic carbocycles. The Morgan fingerprint density at radius 1 is 1.45 bits per heavy atom. The van der Waals surface area contributed by atoms with Crippen molar-refractivity contribution in [3.05, 3.63) is 5.89 Å². The smallest absolute Gasteiger partial charge is 0.277 e. The van der Waals surface area contributed by atoms with E-state index in [1.807, 2.05) is 6.92 Å². The molecule has 110 valence electrons. The minimum atomic E-state index is -0.246. The van der Waals surface area contributed by atoms with Crippen molar-refractivity contribution in [2.45, 2.75) is 55.1 Å². The van der Waals surface area contributed by atoms with Crippen LogP contribution >= 0.6 is 11.8 Å². The SMILES string of the molecule is C[C@@H](Sc1nnc(C2CC2)o1)C(=O)NC[C@H]1CCCO1. The van der Waals surface area contributed by atoms with Gasteiger partial charge in [0.2, 0.25) is 11.8 Å². The Hall–Kier alpha value is -1.08. The first-order chi connectivity index (χ1) is 9.72. The fourth-order valence-electron chi connectivity index (χ4n) is 2.13. The summed E-state index contributed by atoms with van der Waals surface area (Å²) in [5, 5.41) is 11.1. The minimum Gasteiger partial charge on any atom is -0.416 e. The van der Waals surface area contributed by atoms with E-state index < -0.39 is 0 Å². The molecule has 2 fully saturated rings. The molecule has 2 aliphatic rings. The second kappa shape index (κ2) is 6.13. The van der Waals surface area contributed by atoms with Gasteiger partial charge in [0.05, 0.1) is 11.4 Å². The summed E-state index contributed by atoms with van der Waals surface area (Å²) < 4.78 is 11.0. The Morgan fingerprint density at radius 2 is 2.30 bits per heavy atom. The Kier molecular flexibility index (Phi) is 4.26. The Balaban J connectivity index is 1.44. The second-order valence-electron chi connectivity index (χ2n) is 5.32. The molecule has 0 unspecified atom stereocenters. The van der Waals surface area contributed by atoms with Crippen LogP contribution in [-0.2, 0) is 9.53 Å². The van der Waals surface area contributed by atoms with E-state index >= 15 is 0 Å². The number of aromatic nitrogens is 2. The van der Waals surface area contributed by atoms with E-state index in [1.165, 1.54) is 11.8 Å². The van der Waals surface area contributed by atoms with Crippen LogP contribution in [0.2, 0.25) is 0 Å². The quantitative estimate of drug-likeness (QED) is 0.806. The first-order valence-corrected chi connectivity index (χ1v) is 7.99. The topological polar surface area (TPSA) is 77.2 Å². The lowest BCUT2D eigenvalue weighted by Crippen LogP contribution is -2.36. The van der Waals surface area contributed by atoms with Crippen molar-refractivity contribution in [1.82, 2.24) is 15.5 Å². The molecular formula is C13H19N3O3S. The summed E-state index contributed by atoms with van der Waals surface area (Å²) in [5.74, 6) is 1.14. The lowest BCUT2D eigenvalue weighted by Gasteiger charge is -2.13. The number of ether oxygens (including phenoxy) is 1. The fraction of sp³-hybridized carbons (Fsp3) is 0.769. The molecule has 1 aromatic heterocycles. The number of hydrogen-bond donors (Lipinski definition) is 1. The summed E-state index contributed by atoms with van der Waals surface area (Å²) in [4.78, 5) is 12.0. The number of thioether (sulfide) groups is 1. The number of amides is 1. The van der Waals surface area contributed by atoms with Crippen LogP contribution in [0.3, 0.4) is 0 Å². The van der Waals surface area contributed by atoms with Crippen molar-refractivity contribution in [3.8, 4) is 0 Å². The van der Waals surface area contributed by atoms with Crippen molar-refractivity contribution in [3.63, 3.8) is 0 Å². The molecule has 1 aromatic rings. The highest BCUT2D eigenvalue weighted by molar-refractivity contribution is 8.00. The van der Waals surface area contributed by atoms with Crippen LogP contribution in [0.5, 0.6) is 0 Å². The number of rotatable bonds is 6. The summed E-state index contributed by atoms with van der Waals surface area (Å²) in [5.41, 5.74) is 0. The maximum Gasteiger partial charge on any atom is 0.277 e. The summed E-state index contributed by atoms with van der Waals surface area (Å²) in [6.07, 6.45) is 4.53. The highest BCUT2D eigenvalue weighted by Gasteiger charge is 2.30. The number of carbonyl (C=O) groups is 1. The zero-order chi connectivity index (χ0) is 13.9. The van der Waals surface area contributed by atoms with E-state index in [1.54, 1.807) is 0 Å². The molecule has 1 amide bonds. The van der Waals surface area contributed by atoms with E-state index in [2.05, 4.69) is 15.5 Å². The van der Waals surface area contributed by atoms with Crippen LogP contribution in [-0.4, -0.2) is 40.6 Å². The summed E-state index contributed by atoms with van der Waals surface area (Å²) in [6.45, 7) is 3.23. The predicted molar refractivity (Wildman–Crippen MR) is 73.6 cm³/mol. The number of nitrogens with zero attached hydrogens (tertiary/aromatic N) is 2. The molecule has 20 heavy (non-hydrogen) atoms. The number of hydrogen-bond acceptors (Lipinski definition) is 6. The highest BCUT2D eigenvalue weighted by Crippen LogP contribution is 2.40. The third-order valence-corrected chi connectivity index (χ3v) is 4.46. The van der Waals surface area contributed by atoms with Gasteiger partial charge in [0.1, 0.15) is 0 Å². The van der Waals surface area contributed by atoms with Gasteiger partial charge in [-0.1, -0.05) is 11.8 Å². The molecule has 1 saturated carbocycles. The minimum absolute atomic E-state index is 0.0170. The van der Waals surface area contributed by atoms with Gasteiger partial charge in [-0.15, -0.1) is 10.2 Å². The van der Waals surface area contributed by atoms with Gasteiger partial charge < -0.3 is 14.5 Å². The normalized spacial score (nSPS) is 23.8. The standard InChI is InChI=1S/C13H19N3O3S/c1-8(11(17)14-7-10-3-2-6-18-10)20-13-16-15-12(19-13)9-4-5-9/h8-10H,2-7H2,1H3,(H,14,17)/t8-,10-/m1/s1. The lowest BCUT2D eigenvalue weighted by molar-refractivity contribution is -0.120. The zero-order valence-electron chi connectivity index (χ0n) is 11.5. The Bertz CT molecular complexity index is 469. The molecule has 0 radical (unpaired) electrons. The van der Waals surface area contributed by atoms with Crippen molar-refractivity contribution in [2.75, 3.05) is 13.2 Å². The van der Waals surface area contributed by atoms with Crippen LogP contribution in [0.4, 0.5) is 0 Å². The maximum atomic E-state index is 12.0. The average Bonchev–Trinajstić information content (AvgIpc) is 2.98. The van der Waals surface area contributed by atoms with Crippen molar-refractivity contribution < 1.29 is 13.9 Å². The number of carbonyl (C=O) groups excluding carboxylic acids is 1. The van der Waals surface area contributed by atoms with Crippen LogP contribution in [0.1, 0.15) is 44.4 Å². The molecule has 0 spiro atoms. The molecular weight excluding hydrogens is 278 g/mol. The van der Waals surface area contributed by atoms with Gasteiger partial charge in [-0.25, -0.2) is 0 Å². The van der Waals surface area contributed by atoms with Crippen molar-refractivity contribution in [2.24, 2.45) is 0 Å². The van der Waals surface area contributed by atoms with E-state index in [0.29, 0.717) is 23.6 Å². The van der Waals surface area contributed by atoms with Crippen LogP contribution in [0.25, 0.3) is 0 Å². The van der Waals surface area contributed by atoms with Gasteiger partial charge in [-0.2, -0.15) is 0 Å². The van der Waals surface area contributed by atoms with E-state index in [4.69, 9.17) is 9.15 Å². The van der Waals surface area contributed by atoms with Gasteiger partial charge in [-0.05, 0) is 32.6 Å². The Morgan fingerprint density at radius 3 is 3.00 bits per heavy atom. The van der Waals surface area contributed by atoms with Gasteiger partial charge in [0, 0.05) is 19.1 Å². The molecule has 6 nitrogen and oxygen atoms in total. The maximum absolute atomic E-state index is 12.0. The van der Waals surface area contributed by atoms with Crippen molar-refractivity contribution in [1.29, 1.82) is 0 Å². The van der Waals surface area contributed by atoms with Crippen LogP contribution in [0, 0.1) is 0 Å². The number of nitrogens with one attached hydrogen (secondary N) is 1. The van der Waals surface area contributed by atoms with Crippen molar-refractivity contribution >= 4 is 17.7 Å². The summed E-state index contributed by atoms with van der Waals surface area (Å²) in [6, 6.07) is 0. The van der Waals surface area contributed by atoms with Gasteiger partial charge >= 0.3 is 0 Å². The molecule has 1 aliphatic carbocycles. The van der Waals surface area contributed by atoms with Crippen LogP contribution < -0.4 is 5.32 Å². The Labute approximate surface area is 122 Å². The third-order valence-electron chi connectivity index (χ3n) is 3.52. The molecule has 1 N–H and O–H groups in total. The van der Waals surface area contributed by atoms with E-state index in [9.17, 15) is 4.79 Å². The first kappa shape index (κ1) is 13.9. The monoisotopic (exact) mass is 297 g/mol. The fourth-order valence-corrected chi connectivity index (χ4v) is 2.85. The third kappa shape index (κ3) is 3.52. The molecule has 2 heterocycles. The molecule has 1 aliphatic heterocycles. The largest absolute Gasteiger partial charge is 0.416 e. The van der Waals surface area contributed by atoms with Gasteiger partial charge in [-0.3, -0.25) is 4.79 Å². The van der Waals surface area contributed by atoms with Gasteiger partial charge in [0.15, 0.2) is 0 Å². The molecule has 3 rings (SSSR count). The molecule has 7 heteroatoms. The highest BCUT2D eigenvalue weighted by atomic mass is 32.2. The molecule has 1 saturated heterocycles. The van der Waals surface area contributed by atoms with Crippen LogP contribution in [0.15, 0.2) is 9.64 Å². The predicted octanol–water partition coefficient (Wildman–Crippen LogP) is 1.72. The average molecular weight is 297 g/mol. The van der Waals surface area contributed by atoms with Gasteiger partial charge in [0.25, 0.3) is 5.22 Å². The van der Waals surface area contributed by atoms with E-state index in [0.717, 1.165) is 32.3 Å². The lowest BCUT2D eigenvalue weighted by atomic mass is 10.2.